The molecule has 0 saturated carbocycles. The van der Waals surface area contributed by atoms with Crippen LogP contribution >= 0.6 is 0 Å². The molecule has 0 aromatic heterocycles. The monoisotopic (exact) mass is 274 g/mol. The van der Waals surface area contributed by atoms with Crippen molar-refractivity contribution in [3.8, 4) is 0 Å². The minimum absolute atomic E-state index is 0.00939. The van der Waals surface area contributed by atoms with Crippen molar-refractivity contribution < 1.29 is 4.79 Å². The fraction of sp³-hybridized carbons (Fsp3) is 0.588. The van der Waals surface area contributed by atoms with Gasteiger partial charge < -0.3 is 10.2 Å². The lowest BCUT2D eigenvalue weighted by atomic mass is 9.88. The van der Waals surface area contributed by atoms with Crippen LogP contribution in [0.1, 0.15) is 44.6 Å². The van der Waals surface area contributed by atoms with Gasteiger partial charge in [0.25, 0.3) is 0 Å². The highest BCUT2D eigenvalue weighted by Crippen LogP contribution is 2.26. The van der Waals surface area contributed by atoms with Crippen molar-refractivity contribution in [1.82, 2.24) is 10.2 Å². The van der Waals surface area contributed by atoms with E-state index in [2.05, 4.69) is 31.3 Å². The summed E-state index contributed by atoms with van der Waals surface area (Å²) in [4.78, 5) is 14.8. The van der Waals surface area contributed by atoms with E-state index in [9.17, 15) is 4.79 Å². The molecular weight excluding hydrogens is 248 g/mol. The molecule has 1 heterocycles. The van der Waals surface area contributed by atoms with Gasteiger partial charge in [0.05, 0.1) is 5.92 Å². The van der Waals surface area contributed by atoms with Crippen LogP contribution in [0.15, 0.2) is 30.3 Å². The summed E-state index contributed by atoms with van der Waals surface area (Å²) in [6.45, 7) is 6.06. The first kappa shape index (κ1) is 15.0. The molecule has 1 aliphatic rings. The maximum atomic E-state index is 12.7. The highest BCUT2D eigenvalue weighted by Gasteiger charge is 2.32. The van der Waals surface area contributed by atoms with Gasteiger partial charge >= 0.3 is 0 Å². The third kappa shape index (κ3) is 3.21. The summed E-state index contributed by atoms with van der Waals surface area (Å²) in [7, 11) is 2.01. The van der Waals surface area contributed by atoms with E-state index < -0.39 is 0 Å². The third-order valence-corrected chi connectivity index (χ3v) is 4.69. The van der Waals surface area contributed by atoms with Crippen molar-refractivity contribution in [2.24, 2.45) is 0 Å². The molecule has 0 radical (unpaired) electrons. The summed E-state index contributed by atoms with van der Waals surface area (Å²) in [5.74, 6) is 0.298. The Bertz CT molecular complexity index is 436. The standard InChI is InChI=1S/C17H26N2O/c1-4-15(14-8-6-5-7-9-14)16(20)19-12-10-17(2,18-3)11-13-19/h5-9,15,18H,4,10-13H2,1-3H3. The number of carbonyl (C=O) groups is 1. The Hall–Kier alpha value is -1.35. The second kappa shape index (κ2) is 6.40. The molecule has 1 amide bonds. The summed E-state index contributed by atoms with van der Waals surface area (Å²) < 4.78 is 0. The second-order valence-corrected chi connectivity index (χ2v) is 6.01. The quantitative estimate of drug-likeness (QED) is 0.915. The number of benzene rings is 1. The van der Waals surface area contributed by atoms with Crippen LogP contribution in [0.4, 0.5) is 0 Å². The molecule has 1 unspecified atom stereocenters. The van der Waals surface area contributed by atoms with Gasteiger partial charge in [-0.1, -0.05) is 37.3 Å². The van der Waals surface area contributed by atoms with Crippen LogP contribution in [0.3, 0.4) is 0 Å². The van der Waals surface area contributed by atoms with Gasteiger partial charge in [0.2, 0.25) is 5.91 Å². The van der Waals surface area contributed by atoms with E-state index in [0.29, 0.717) is 0 Å². The number of amides is 1. The van der Waals surface area contributed by atoms with E-state index in [4.69, 9.17) is 0 Å². The minimum atomic E-state index is 0.00939. The van der Waals surface area contributed by atoms with E-state index in [1.807, 2.05) is 30.1 Å². The molecule has 1 aliphatic heterocycles. The largest absolute Gasteiger partial charge is 0.342 e. The predicted molar refractivity (Wildman–Crippen MR) is 82.8 cm³/mol. The van der Waals surface area contributed by atoms with Crippen molar-refractivity contribution in [3.05, 3.63) is 35.9 Å². The van der Waals surface area contributed by atoms with E-state index in [1.165, 1.54) is 0 Å². The summed E-state index contributed by atoms with van der Waals surface area (Å²) in [5, 5.41) is 3.38. The zero-order valence-corrected chi connectivity index (χ0v) is 12.9. The number of rotatable bonds is 4. The van der Waals surface area contributed by atoms with Gasteiger partial charge in [-0.15, -0.1) is 0 Å². The van der Waals surface area contributed by atoms with Crippen LogP contribution in [0.25, 0.3) is 0 Å². The van der Waals surface area contributed by atoms with Crippen LogP contribution in [0, 0.1) is 0 Å². The maximum Gasteiger partial charge on any atom is 0.230 e. The van der Waals surface area contributed by atoms with Crippen LogP contribution < -0.4 is 5.32 Å². The van der Waals surface area contributed by atoms with Gasteiger partial charge in [0.1, 0.15) is 0 Å². The average molecular weight is 274 g/mol. The Morgan fingerprint density at radius 2 is 1.90 bits per heavy atom. The number of nitrogens with zero attached hydrogens (tertiary/aromatic N) is 1. The molecule has 2 rings (SSSR count). The zero-order valence-electron chi connectivity index (χ0n) is 12.9. The van der Waals surface area contributed by atoms with Crippen LogP contribution in [0.2, 0.25) is 0 Å². The van der Waals surface area contributed by atoms with E-state index in [1.54, 1.807) is 0 Å². The van der Waals surface area contributed by atoms with Crippen molar-refractivity contribution in [1.29, 1.82) is 0 Å². The van der Waals surface area contributed by atoms with Crippen molar-refractivity contribution in [2.45, 2.75) is 44.6 Å². The van der Waals surface area contributed by atoms with E-state index in [-0.39, 0.29) is 17.4 Å². The van der Waals surface area contributed by atoms with Crippen LogP contribution in [-0.4, -0.2) is 36.5 Å². The van der Waals surface area contributed by atoms with Gasteiger partial charge in [0, 0.05) is 18.6 Å². The van der Waals surface area contributed by atoms with Gasteiger partial charge in [-0.25, -0.2) is 0 Å². The normalized spacial score (nSPS) is 19.6. The Kier molecular flexibility index (Phi) is 4.81. The highest BCUT2D eigenvalue weighted by molar-refractivity contribution is 5.83. The van der Waals surface area contributed by atoms with Crippen LogP contribution in [-0.2, 0) is 4.79 Å². The Morgan fingerprint density at radius 1 is 1.30 bits per heavy atom. The molecule has 110 valence electrons. The van der Waals surface area contributed by atoms with Crippen LogP contribution in [0.5, 0.6) is 0 Å². The van der Waals surface area contributed by atoms with Gasteiger partial charge in [-0.05, 0) is 38.8 Å². The molecule has 1 fully saturated rings. The lowest BCUT2D eigenvalue weighted by Gasteiger charge is -2.40. The summed E-state index contributed by atoms with van der Waals surface area (Å²) in [6.07, 6.45) is 2.92. The molecule has 3 nitrogen and oxygen atoms in total. The SMILES string of the molecule is CCC(C(=O)N1CCC(C)(NC)CC1)c1ccccc1. The van der Waals surface area contributed by atoms with Crippen molar-refractivity contribution in [2.75, 3.05) is 20.1 Å². The molecule has 1 N–H and O–H groups in total. The number of piperidine rings is 1. The van der Waals surface area contributed by atoms with Gasteiger partial charge in [-0.2, -0.15) is 0 Å². The van der Waals surface area contributed by atoms with Crippen molar-refractivity contribution >= 4 is 5.91 Å². The number of likely N-dealkylation sites (tertiary alicyclic amines) is 1. The van der Waals surface area contributed by atoms with E-state index in [0.717, 1.165) is 37.9 Å². The molecule has 1 atom stereocenters. The molecular formula is C17H26N2O. The molecule has 3 heteroatoms. The number of nitrogens with one attached hydrogen (secondary N) is 1. The zero-order chi connectivity index (χ0) is 14.6. The minimum Gasteiger partial charge on any atom is -0.342 e. The first-order valence-corrected chi connectivity index (χ1v) is 7.62. The molecule has 0 aliphatic carbocycles. The molecule has 0 spiro atoms. The Morgan fingerprint density at radius 3 is 2.40 bits per heavy atom. The lowest BCUT2D eigenvalue weighted by Crippen LogP contribution is -2.52. The Labute approximate surface area is 122 Å². The molecule has 0 bridgehead atoms. The summed E-state index contributed by atoms with van der Waals surface area (Å²) >= 11 is 0. The fourth-order valence-electron chi connectivity index (χ4n) is 2.93. The fourth-order valence-corrected chi connectivity index (χ4v) is 2.93. The first-order valence-electron chi connectivity index (χ1n) is 7.62. The molecule has 1 aromatic carbocycles. The maximum absolute atomic E-state index is 12.7. The number of hydrogen-bond acceptors (Lipinski definition) is 2. The summed E-state index contributed by atoms with van der Waals surface area (Å²) in [6, 6.07) is 10.2. The average Bonchev–Trinajstić information content (AvgIpc) is 2.50. The molecule has 1 saturated heterocycles. The first-order chi connectivity index (χ1) is 9.59. The third-order valence-electron chi connectivity index (χ3n) is 4.69. The van der Waals surface area contributed by atoms with Gasteiger partial charge in [-0.3, -0.25) is 4.79 Å². The Balaban J connectivity index is 2.04. The van der Waals surface area contributed by atoms with Gasteiger partial charge in [0.15, 0.2) is 0 Å². The topological polar surface area (TPSA) is 32.3 Å². The number of hydrogen-bond donors (Lipinski definition) is 1. The second-order valence-electron chi connectivity index (χ2n) is 6.01. The highest BCUT2D eigenvalue weighted by atomic mass is 16.2. The molecule has 1 aromatic rings. The number of carbonyl (C=O) groups excluding carboxylic acids is 1. The summed E-state index contributed by atoms with van der Waals surface area (Å²) in [5.41, 5.74) is 1.33. The lowest BCUT2D eigenvalue weighted by molar-refractivity contribution is -0.134. The van der Waals surface area contributed by atoms with Crippen molar-refractivity contribution in [3.63, 3.8) is 0 Å². The molecule has 20 heavy (non-hydrogen) atoms. The predicted octanol–water partition coefficient (Wildman–Crippen LogP) is 2.78. The van der Waals surface area contributed by atoms with E-state index >= 15 is 0 Å². The smallest absolute Gasteiger partial charge is 0.230 e.